The summed E-state index contributed by atoms with van der Waals surface area (Å²) < 4.78 is 0.565. The highest BCUT2D eigenvalue weighted by Gasteiger charge is 2.25. The molecule has 2 N–H and O–H groups in total. The Morgan fingerprint density at radius 3 is 2.61 bits per heavy atom. The number of rotatable bonds is 5. The lowest BCUT2D eigenvalue weighted by molar-refractivity contribution is 0.0376. The van der Waals surface area contributed by atoms with Crippen molar-refractivity contribution in [3.05, 3.63) is 28.2 Å². The fraction of sp³-hybridized carbons (Fsp3) is 0.462. The van der Waals surface area contributed by atoms with Crippen LogP contribution < -0.4 is 0 Å². The lowest BCUT2D eigenvalue weighted by Crippen LogP contribution is -2.33. The number of thioether (sulfide) groups is 1. The lowest BCUT2D eigenvalue weighted by atomic mass is 9.95. The normalized spacial score (nSPS) is 14.6. The van der Waals surface area contributed by atoms with Gasteiger partial charge in [-0.05, 0) is 47.0 Å². The van der Waals surface area contributed by atoms with Crippen molar-refractivity contribution < 1.29 is 15.0 Å². The van der Waals surface area contributed by atoms with Crippen LogP contribution in [0.15, 0.2) is 27.6 Å². The van der Waals surface area contributed by atoms with Crippen LogP contribution >= 0.6 is 27.7 Å². The molecule has 100 valence electrons. The van der Waals surface area contributed by atoms with Gasteiger partial charge < -0.3 is 10.2 Å². The number of carbonyl (C=O) groups is 1. The molecule has 0 bridgehead atoms. The molecule has 5 heteroatoms. The highest BCUT2D eigenvalue weighted by molar-refractivity contribution is 9.10. The number of hydrogen-bond acceptors (Lipinski definition) is 3. The molecule has 0 fully saturated rings. The van der Waals surface area contributed by atoms with E-state index in [9.17, 15) is 9.90 Å². The number of benzene rings is 1. The van der Waals surface area contributed by atoms with Crippen molar-refractivity contribution >= 4 is 33.7 Å². The summed E-state index contributed by atoms with van der Waals surface area (Å²) in [4.78, 5) is 11.8. The molecule has 0 aromatic heterocycles. The van der Waals surface area contributed by atoms with Gasteiger partial charge in [-0.15, -0.1) is 11.8 Å². The first-order chi connectivity index (χ1) is 8.24. The Balaban J connectivity index is 2.81. The summed E-state index contributed by atoms with van der Waals surface area (Å²) in [5.41, 5.74) is -0.523. The van der Waals surface area contributed by atoms with Crippen LogP contribution in [0, 0.1) is 5.92 Å². The van der Waals surface area contributed by atoms with Gasteiger partial charge >= 0.3 is 5.97 Å². The van der Waals surface area contributed by atoms with Crippen molar-refractivity contribution in [2.75, 3.05) is 5.75 Å². The van der Waals surface area contributed by atoms with Crippen molar-refractivity contribution in [2.45, 2.75) is 31.3 Å². The average Bonchev–Trinajstić information content (AvgIpc) is 2.27. The number of halogens is 1. The minimum atomic E-state index is -0.958. The summed E-state index contributed by atoms with van der Waals surface area (Å²) in [6.07, 6.45) is 0. The smallest absolute Gasteiger partial charge is 0.336 e. The summed E-state index contributed by atoms with van der Waals surface area (Å²) in [5.74, 6) is -0.273. The van der Waals surface area contributed by atoms with Gasteiger partial charge in [0.1, 0.15) is 0 Å². The standard InChI is InChI=1S/C13H17BrO3S/c1-8(2)13(3,17)7-18-9-4-5-11(14)10(6-9)12(15)16/h4-6,8,17H,7H2,1-3H3,(H,15,16). The van der Waals surface area contributed by atoms with Crippen LogP contribution in [-0.4, -0.2) is 27.5 Å². The summed E-state index contributed by atoms with van der Waals surface area (Å²) in [6, 6.07) is 5.18. The molecule has 0 aliphatic carbocycles. The molecule has 0 radical (unpaired) electrons. The van der Waals surface area contributed by atoms with Crippen LogP contribution in [0.5, 0.6) is 0 Å². The average molecular weight is 333 g/mol. The second-order valence-corrected chi connectivity index (χ2v) is 6.65. The Labute approximate surface area is 120 Å². The van der Waals surface area contributed by atoms with Crippen LogP contribution in [0.3, 0.4) is 0 Å². The summed E-state index contributed by atoms with van der Waals surface area (Å²) in [6.45, 7) is 5.72. The number of hydrogen-bond donors (Lipinski definition) is 2. The molecule has 0 saturated carbocycles. The van der Waals surface area contributed by atoms with E-state index in [4.69, 9.17) is 5.11 Å². The third-order valence-electron chi connectivity index (χ3n) is 2.94. The highest BCUT2D eigenvalue weighted by atomic mass is 79.9. The predicted octanol–water partition coefficient (Wildman–Crippen LogP) is 3.65. The quantitative estimate of drug-likeness (QED) is 0.808. The van der Waals surface area contributed by atoms with Gasteiger partial charge in [-0.2, -0.15) is 0 Å². The largest absolute Gasteiger partial charge is 0.478 e. The topological polar surface area (TPSA) is 57.5 Å². The summed E-state index contributed by atoms with van der Waals surface area (Å²) in [7, 11) is 0. The van der Waals surface area contributed by atoms with Gasteiger partial charge in [-0.3, -0.25) is 0 Å². The van der Waals surface area contributed by atoms with E-state index in [-0.39, 0.29) is 11.5 Å². The van der Waals surface area contributed by atoms with E-state index in [0.717, 1.165) is 4.90 Å². The predicted molar refractivity (Wildman–Crippen MR) is 77.3 cm³/mol. The van der Waals surface area contributed by atoms with E-state index in [0.29, 0.717) is 10.2 Å². The third kappa shape index (κ3) is 4.00. The Morgan fingerprint density at radius 1 is 1.50 bits per heavy atom. The van der Waals surface area contributed by atoms with Gasteiger partial charge in [0.15, 0.2) is 0 Å². The van der Waals surface area contributed by atoms with E-state index >= 15 is 0 Å². The molecule has 3 nitrogen and oxygen atoms in total. The molecule has 0 amide bonds. The number of carboxylic acids is 1. The maximum absolute atomic E-state index is 11.0. The van der Waals surface area contributed by atoms with E-state index in [1.165, 1.54) is 11.8 Å². The molecule has 0 aliphatic rings. The van der Waals surface area contributed by atoms with Crippen molar-refractivity contribution in [3.8, 4) is 0 Å². The first-order valence-electron chi connectivity index (χ1n) is 5.62. The molecule has 0 saturated heterocycles. The van der Waals surface area contributed by atoms with E-state index in [1.54, 1.807) is 19.1 Å². The van der Waals surface area contributed by atoms with E-state index < -0.39 is 11.6 Å². The monoisotopic (exact) mass is 332 g/mol. The van der Waals surface area contributed by atoms with Crippen molar-refractivity contribution in [1.82, 2.24) is 0 Å². The highest BCUT2D eigenvalue weighted by Crippen LogP contribution is 2.29. The first-order valence-corrected chi connectivity index (χ1v) is 7.40. The molecule has 0 heterocycles. The van der Waals surface area contributed by atoms with Crippen LogP contribution in [0.1, 0.15) is 31.1 Å². The molecule has 1 rings (SSSR count). The molecule has 0 spiro atoms. The molecule has 1 aromatic carbocycles. The molecule has 1 unspecified atom stereocenters. The van der Waals surface area contributed by atoms with Gasteiger partial charge in [-0.1, -0.05) is 13.8 Å². The summed E-state index contributed by atoms with van der Waals surface area (Å²) >= 11 is 4.67. The third-order valence-corrected chi connectivity index (χ3v) is 4.95. The second kappa shape index (κ2) is 6.08. The maximum Gasteiger partial charge on any atom is 0.336 e. The van der Waals surface area contributed by atoms with Gasteiger partial charge in [0.25, 0.3) is 0 Å². The van der Waals surface area contributed by atoms with Gasteiger partial charge in [0.2, 0.25) is 0 Å². The minimum Gasteiger partial charge on any atom is -0.478 e. The van der Waals surface area contributed by atoms with Crippen LogP contribution in [0.25, 0.3) is 0 Å². The molecular formula is C13H17BrO3S. The Hall–Kier alpha value is -0.520. The van der Waals surface area contributed by atoms with Crippen LogP contribution in [-0.2, 0) is 0 Å². The Kier molecular flexibility index (Phi) is 5.25. The van der Waals surface area contributed by atoms with E-state index in [2.05, 4.69) is 15.9 Å². The number of aromatic carboxylic acids is 1. The second-order valence-electron chi connectivity index (χ2n) is 4.75. The first kappa shape index (κ1) is 15.5. The van der Waals surface area contributed by atoms with Crippen LogP contribution in [0.4, 0.5) is 0 Å². The zero-order chi connectivity index (χ0) is 13.9. The van der Waals surface area contributed by atoms with Gasteiger partial charge in [0, 0.05) is 15.1 Å². The summed E-state index contributed by atoms with van der Waals surface area (Å²) in [5, 5.41) is 19.2. The van der Waals surface area contributed by atoms with Crippen molar-refractivity contribution in [2.24, 2.45) is 5.92 Å². The van der Waals surface area contributed by atoms with Crippen LogP contribution in [0.2, 0.25) is 0 Å². The molecular weight excluding hydrogens is 316 g/mol. The zero-order valence-electron chi connectivity index (χ0n) is 10.6. The maximum atomic E-state index is 11.0. The Bertz CT molecular complexity index is 444. The Morgan fingerprint density at radius 2 is 2.11 bits per heavy atom. The van der Waals surface area contributed by atoms with E-state index in [1.807, 2.05) is 19.9 Å². The van der Waals surface area contributed by atoms with Gasteiger partial charge in [0.05, 0.1) is 11.2 Å². The molecule has 1 aromatic rings. The zero-order valence-corrected chi connectivity index (χ0v) is 13.0. The SMILES string of the molecule is CC(C)C(C)(O)CSc1ccc(Br)c(C(=O)O)c1. The fourth-order valence-corrected chi connectivity index (χ4v) is 2.73. The fourth-order valence-electron chi connectivity index (χ4n) is 1.15. The number of aliphatic hydroxyl groups is 1. The molecule has 0 aliphatic heterocycles. The van der Waals surface area contributed by atoms with Crippen molar-refractivity contribution in [1.29, 1.82) is 0 Å². The lowest BCUT2D eigenvalue weighted by Gasteiger charge is -2.27. The molecule has 1 atom stereocenters. The number of carboxylic acid groups (broad SMARTS) is 1. The molecule has 18 heavy (non-hydrogen) atoms. The van der Waals surface area contributed by atoms with Crippen molar-refractivity contribution in [3.63, 3.8) is 0 Å². The van der Waals surface area contributed by atoms with Gasteiger partial charge in [-0.25, -0.2) is 4.79 Å². The minimum absolute atomic E-state index is 0.152.